The van der Waals surface area contributed by atoms with Crippen LogP contribution >= 0.6 is 0 Å². The first-order valence-corrected chi connectivity index (χ1v) is 8.31. The number of hydrogen-bond acceptors (Lipinski definition) is 5. The van der Waals surface area contributed by atoms with Crippen molar-refractivity contribution < 1.29 is 14.6 Å². The first-order chi connectivity index (χ1) is 11.4. The molecular weight excluding hydrogens is 306 g/mol. The van der Waals surface area contributed by atoms with Gasteiger partial charge in [0.1, 0.15) is 17.9 Å². The van der Waals surface area contributed by atoms with Crippen LogP contribution in [0.25, 0.3) is 0 Å². The molecule has 1 aromatic heterocycles. The molecule has 0 saturated carbocycles. The van der Waals surface area contributed by atoms with Crippen molar-refractivity contribution in [2.75, 3.05) is 19.8 Å². The molecule has 1 fully saturated rings. The summed E-state index contributed by atoms with van der Waals surface area (Å²) in [4.78, 5) is 0. The Bertz CT molecular complexity index is 657. The first-order valence-electron chi connectivity index (χ1n) is 8.31. The molecule has 1 N–H and O–H groups in total. The zero-order chi connectivity index (χ0) is 17.2. The van der Waals surface area contributed by atoms with Crippen molar-refractivity contribution in [3.63, 3.8) is 0 Å². The molecule has 24 heavy (non-hydrogen) atoms. The second-order valence-electron chi connectivity index (χ2n) is 7.21. The lowest BCUT2D eigenvalue weighted by atomic mass is 9.86. The smallest absolute Gasteiger partial charge is 0.124 e. The van der Waals surface area contributed by atoms with Crippen molar-refractivity contribution in [2.24, 2.45) is 0 Å². The van der Waals surface area contributed by atoms with E-state index in [0.717, 1.165) is 5.56 Å². The molecule has 3 rings (SSSR count). The van der Waals surface area contributed by atoms with Gasteiger partial charge in [-0.2, -0.15) is 0 Å². The van der Waals surface area contributed by atoms with Crippen LogP contribution in [0.2, 0.25) is 0 Å². The highest BCUT2D eigenvalue weighted by molar-refractivity contribution is 5.31. The molecule has 1 aromatic carbocycles. The van der Waals surface area contributed by atoms with E-state index in [1.54, 1.807) is 10.9 Å². The van der Waals surface area contributed by atoms with Crippen molar-refractivity contribution in [1.82, 2.24) is 15.0 Å². The van der Waals surface area contributed by atoms with Gasteiger partial charge in [-0.3, -0.25) is 0 Å². The summed E-state index contributed by atoms with van der Waals surface area (Å²) in [6.45, 7) is 9.02. The molecule has 2 aromatic rings. The third-order valence-electron chi connectivity index (χ3n) is 4.21. The van der Waals surface area contributed by atoms with Gasteiger partial charge in [-0.05, 0) is 16.5 Å². The van der Waals surface area contributed by atoms with Gasteiger partial charge in [-0.25, -0.2) is 4.68 Å². The molecule has 6 heteroatoms. The Morgan fingerprint density at radius 2 is 2.00 bits per heavy atom. The van der Waals surface area contributed by atoms with Crippen molar-refractivity contribution in [1.29, 1.82) is 0 Å². The second kappa shape index (κ2) is 7.01. The Morgan fingerprint density at radius 3 is 2.58 bits per heavy atom. The maximum atomic E-state index is 10.5. The van der Waals surface area contributed by atoms with E-state index in [-0.39, 0.29) is 11.5 Å². The summed E-state index contributed by atoms with van der Waals surface area (Å²) in [6, 6.07) is 8.00. The lowest BCUT2D eigenvalue weighted by molar-refractivity contribution is -0.131. The van der Waals surface area contributed by atoms with E-state index in [9.17, 15) is 5.11 Å². The molecule has 2 heterocycles. The zero-order valence-corrected chi connectivity index (χ0v) is 14.5. The van der Waals surface area contributed by atoms with Crippen LogP contribution in [-0.2, 0) is 21.4 Å². The minimum atomic E-state index is -0.770. The summed E-state index contributed by atoms with van der Waals surface area (Å²) in [5.74, 6) is 0. The Labute approximate surface area is 142 Å². The molecule has 0 bridgehead atoms. The zero-order valence-electron chi connectivity index (χ0n) is 14.5. The molecule has 6 nitrogen and oxygen atoms in total. The van der Waals surface area contributed by atoms with Crippen molar-refractivity contribution in [3.05, 3.63) is 47.3 Å². The second-order valence-corrected chi connectivity index (χ2v) is 7.21. The van der Waals surface area contributed by atoms with Crippen molar-refractivity contribution >= 4 is 0 Å². The number of aliphatic hydroxyl groups excluding tert-OH is 1. The van der Waals surface area contributed by atoms with Gasteiger partial charge in [-0.15, -0.1) is 5.10 Å². The standard InChI is InChI=1S/C18H25N3O3/c1-18(2,3)14-6-4-13(5-7-14)17(22)16-10-21(20-19-16)8-9-24-15-11-23-12-15/h4-7,10,15,17,22H,8-9,11-12H2,1-3H3. The van der Waals surface area contributed by atoms with Gasteiger partial charge in [-0.1, -0.05) is 50.3 Å². The fraction of sp³-hybridized carbons (Fsp3) is 0.556. The quantitative estimate of drug-likeness (QED) is 0.877. The van der Waals surface area contributed by atoms with Crippen LogP contribution in [-0.4, -0.2) is 46.0 Å². The van der Waals surface area contributed by atoms with Gasteiger partial charge >= 0.3 is 0 Å². The van der Waals surface area contributed by atoms with Crippen LogP contribution in [0.15, 0.2) is 30.5 Å². The third kappa shape index (κ3) is 4.01. The van der Waals surface area contributed by atoms with Gasteiger partial charge in [0.2, 0.25) is 0 Å². The summed E-state index contributed by atoms with van der Waals surface area (Å²) in [5, 5.41) is 18.6. The molecule has 1 atom stereocenters. The molecule has 0 radical (unpaired) electrons. The average Bonchev–Trinajstić information content (AvgIpc) is 2.97. The monoisotopic (exact) mass is 331 g/mol. The molecule has 0 spiro atoms. The number of rotatable bonds is 6. The minimum absolute atomic E-state index is 0.0953. The Morgan fingerprint density at radius 1 is 1.29 bits per heavy atom. The Kier molecular flexibility index (Phi) is 4.99. The van der Waals surface area contributed by atoms with E-state index in [1.165, 1.54) is 5.56 Å². The van der Waals surface area contributed by atoms with Crippen LogP contribution in [0.5, 0.6) is 0 Å². The molecule has 1 unspecified atom stereocenters. The maximum absolute atomic E-state index is 10.5. The number of aromatic nitrogens is 3. The molecule has 1 aliphatic rings. The minimum Gasteiger partial charge on any atom is -0.382 e. The SMILES string of the molecule is CC(C)(C)c1ccc(C(O)c2cn(CCOC3COC3)nn2)cc1. The van der Waals surface area contributed by atoms with Gasteiger partial charge in [0.25, 0.3) is 0 Å². The number of nitrogens with zero attached hydrogens (tertiary/aromatic N) is 3. The van der Waals surface area contributed by atoms with Crippen molar-refractivity contribution in [3.8, 4) is 0 Å². The van der Waals surface area contributed by atoms with Crippen LogP contribution in [0.1, 0.15) is 43.7 Å². The van der Waals surface area contributed by atoms with E-state index in [2.05, 4.69) is 43.2 Å². The lowest BCUT2D eigenvalue weighted by Crippen LogP contribution is -2.36. The Balaban J connectivity index is 1.59. The fourth-order valence-electron chi connectivity index (χ4n) is 2.51. The summed E-state index contributed by atoms with van der Waals surface area (Å²) < 4.78 is 12.4. The van der Waals surface area contributed by atoms with Crippen LogP contribution in [0.3, 0.4) is 0 Å². The molecule has 1 aliphatic heterocycles. The molecule has 130 valence electrons. The first kappa shape index (κ1) is 17.1. The summed E-state index contributed by atoms with van der Waals surface area (Å²) in [5.41, 5.74) is 2.69. The van der Waals surface area contributed by atoms with Crippen molar-refractivity contribution in [2.45, 2.75) is 44.9 Å². The highest BCUT2D eigenvalue weighted by atomic mass is 16.6. The summed E-state index contributed by atoms with van der Waals surface area (Å²) >= 11 is 0. The van der Waals surface area contributed by atoms with Gasteiger partial charge in [0.05, 0.1) is 32.6 Å². The largest absolute Gasteiger partial charge is 0.382 e. The molecular formula is C18H25N3O3. The summed E-state index contributed by atoms with van der Waals surface area (Å²) in [7, 11) is 0. The predicted molar refractivity (Wildman–Crippen MR) is 89.8 cm³/mol. The number of benzene rings is 1. The third-order valence-corrected chi connectivity index (χ3v) is 4.21. The number of aliphatic hydroxyl groups is 1. The maximum Gasteiger partial charge on any atom is 0.124 e. The van der Waals surface area contributed by atoms with Gasteiger partial charge in [0, 0.05) is 0 Å². The topological polar surface area (TPSA) is 69.4 Å². The molecule has 0 amide bonds. The van der Waals surface area contributed by atoms with E-state index in [1.807, 2.05) is 12.1 Å². The molecule has 1 saturated heterocycles. The fourth-order valence-corrected chi connectivity index (χ4v) is 2.51. The highest BCUT2D eigenvalue weighted by Crippen LogP contribution is 2.25. The van der Waals surface area contributed by atoms with E-state index >= 15 is 0 Å². The predicted octanol–water partition coefficient (Wildman–Crippen LogP) is 2.07. The van der Waals surface area contributed by atoms with E-state index in [0.29, 0.717) is 32.1 Å². The normalized spacial score (nSPS) is 16.8. The van der Waals surface area contributed by atoms with E-state index < -0.39 is 6.10 Å². The average molecular weight is 331 g/mol. The summed E-state index contributed by atoms with van der Waals surface area (Å²) in [6.07, 6.45) is 1.21. The lowest BCUT2D eigenvalue weighted by Gasteiger charge is -2.25. The molecule has 0 aliphatic carbocycles. The number of ether oxygens (including phenoxy) is 2. The van der Waals surface area contributed by atoms with E-state index in [4.69, 9.17) is 9.47 Å². The van der Waals surface area contributed by atoms with Crippen LogP contribution in [0.4, 0.5) is 0 Å². The van der Waals surface area contributed by atoms with Gasteiger partial charge in [0.15, 0.2) is 0 Å². The number of hydrogen-bond donors (Lipinski definition) is 1. The van der Waals surface area contributed by atoms with Crippen LogP contribution < -0.4 is 0 Å². The Hall–Kier alpha value is -1.76. The highest BCUT2D eigenvalue weighted by Gasteiger charge is 2.19. The van der Waals surface area contributed by atoms with Gasteiger partial charge < -0.3 is 14.6 Å². The van der Waals surface area contributed by atoms with Crippen LogP contribution in [0, 0.1) is 0 Å².